The first kappa shape index (κ1) is 27.6. The van der Waals surface area contributed by atoms with Gasteiger partial charge in [0, 0.05) is 5.92 Å². The van der Waals surface area contributed by atoms with Gasteiger partial charge in [0.2, 0.25) is 0 Å². The maximum atomic E-state index is 10.3. The van der Waals surface area contributed by atoms with Gasteiger partial charge in [0.05, 0.1) is 31.5 Å². The lowest BCUT2D eigenvalue weighted by Crippen LogP contribution is -2.59. The van der Waals surface area contributed by atoms with Gasteiger partial charge in [0.1, 0.15) is 24.4 Å². The molecule has 0 saturated carbocycles. The Morgan fingerprint density at radius 2 is 1.59 bits per heavy atom. The summed E-state index contributed by atoms with van der Waals surface area (Å²) in [6, 6.07) is 0. The first-order valence-electron chi connectivity index (χ1n) is 11.5. The summed E-state index contributed by atoms with van der Waals surface area (Å²) in [5.41, 5.74) is 0.392. The molecule has 0 spiro atoms. The minimum Gasteiger partial charge on any atom is -0.394 e. The molecule has 0 aromatic carbocycles. The number of rotatable bonds is 11. The van der Waals surface area contributed by atoms with E-state index in [0.717, 1.165) is 18.4 Å². The smallest absolute Gasteiger partial charge is 0.187 e. The molecule has 2 saturated heterocycles. The van der Waals surface area contributed by atoms with Gasteiger partial charge in [-0.05, 0) is 46.0 Å². The Kier molecular flexibility index (Phi) is 10.5. The van der Waals surface area contributed by atoms with Crippen LogP contribution in [0, 0.1) is 11.8 Å². The fourth-order valence-electron chi connectivity index (χ4n) is 3.98. The van der Waals surface area contributed by atoms with E-state index in [9.17, 15) is 25.5 Å². The van der Waals surface area contributed by atoms with Gasteiger partial charge in [-0.1, -0.05) is 25.5 Å². The van der Waals surface area contributed by atoms with Gasteiger partial charge >= 0.3 is 0 Å². The molecular weight excluding hydrogens is 420 g/mol. The van der Waals surface area contributed by atoms with Gasteiger partial charge in [0.15, 0.2) is 12.6 Å². The average molecular weight is 463 g/mol. The predicted octanol–water partition coefficient (Wildman–Crippen LogP) is 0.704. The molecule has 5 N–H and O–H groups in total. The molecule has 2 heterocycles. The Bertz CT molecular complexity index is 591. The lowest BCUT2D eigenvalue weighted by atomic mass is 9.94. The van der Waals surface area contributed by atoms with Crippen molar-refractivity contribution in [2.75, 3.05) is 19.8 Å². The van der Waals surface area contributed by atoms with Crippen molar-refractivity contribution in [2.24, 2.45) is 11.8 Å². The standard InChI is InChI=1S/C23H42O9/c1-13(7-6-9-23(4,5)28)8-10-29-22-20(27)19(26)18(25)17(32-22)12-30-21-15(3)14(2)16(11-24)31-21/h8,14-22,24-28H,6-7,9-12H2,1-5H3. The largest absolute Gasteiger partial charge is 0.394 e. The third-order valence-electron chi connectivity index (χ3n) is 6.48. The first-order chi connectivity index (χ1) is 14.9. The molecule has 32 heavy (non-hydrogen) atoms. The van der Waals surface area contributed by atoms with Crippen molar-refractivity contribution in [1.29, 1.82) is 0 Å². The third-order valence-corrected chi connectivity index (χ3v) is 6.48. The van der Waals surface area contributed by atoms with Crippen LogP contribution in [0.3, 0.4) is 0 Å². The van der Waals surface area contributed by atoms with E-state index in [1.165, 1.54) is 0 Å². The lowest BCUT2D eigenvalue weighted by molar-refractivity contribution is -0.307. The first-order valence-corrected chi connectivity index (χ1v) is 11.5. The summed E-state index contributed by atoms with van der Waals surface area (Å²) in [5, 5.41) is 50.0. The number of hydrogen-bond acceptors (Lipinski definition) is 9. The molecule has 9 heteroatoms. The molecule has 0 aromatic rings. The average Bonchev–Trinajstić information content (AvgIpc) is 2.99. The Labute approximate surface area is 190 Å². The summed E-state index contributed by atoms with van der Waals surface area (Å²) in [4.78, 5) is 0. The van der Waals surface area contributed by atoms with E-state index in [-0.39, 0.29) is 37.8 Å². The molecule has 188 valence electrons. The number of allylic oxidation sites excluding steroid dienone is 1. The zero-order chi connectivity index (χ0) is 24.1. The minimum absolute atomic E-state index is 0.0416. The minimum atomic E-state index is -1.44. The summed E-state index contributed by atoms with van der Waals surface area (Å²) in [5.74, 6) is 0.157. The van der Waals surface area contributed by atoms with Crippen LogP contribution in [0.2, 0.25) is 0 Å². The van der Waals surface area contributed by atoms with Crippen molar-refractivity contribution in [2.45, 2.75) is 103 Å². The van der Waals surface area contributed by atoms with Crippen LogP contribution in [0.1, 0.15) is 53.9 Å². The molecule has 0 aromatic heterocycles. The molecule has 2 fully saturated rings. The van der Waals surface area contributed by atoms with Crippen LogP contribution in [0.15, 0.2) is 11.6 Å². The zero-order valence-corrected chi connectivity index (χ0v) is 19.9. The second-order valence-corrected chi connectivity index (χ2v) is 9.84. The zero-order valence-electron chi connectivity index (χ0n) is 19.9. The van der Waals surface area contributed by atoms with Gasteiger partial charge < -0.3 is 44.5 Å². The molecule has 0 amide bonds. The number of hydrogen-bond donors (Lipinski definition) is 5. The predicted molar refractivity (Wildman–Crippen MR) is 117 cm³/mol. The van der Waals surface area contributed by atoms with Gasteiger partial charge in [-0.3, -0.25) is 0 Å². The summed E-state index contributed by atoms with van der Waals surface area (Å²) >= 11 is 0. The fourth-order valence-corrected chi connectivity index (χ4v) is 3.98. The summed E-state index contributed by atoms with van der Waals surface area (Å²) in [6.07, 6.45) is -2.86. The van der Waals surface area contributed by atoms with E-state index >= 15 is 0 Å². The maximum Gasteiger partial charge on any atom is 0.187 e. The normalized spacial score (nSPS) is 38.9. The molecule has 2 rings (SSSR count). The van der Waals surface area contributed by atoms with Crippen molar-refractivity contribution in [3.05, 3.63) is 11.6 Å². The molecule has 2 aliphatic rings. The Morgan fingerprint density at radius 1 is 0.938 bits per heavy atom. The molecule has 9 atom stereocenters. The quantitative estimate of drug-likeness (QED) is 0.281. The lowest BCUT2D eigenvalue weighted by Gasteiger charge is -2.40. The van der Waals surface area contributed by atoms with Crippen LogP contribution in [0.5, 0.6) is 0 Å². The molecular formula is C23H42O9. The van der Waals surface area contributed by atoms with E-state index in [2.05, 4.69) is 0 Å². The van der Waals surface area contributed by atoms with Crippen molar-refractivity contribution in [1.82, 2.24) is 0 Å². The van der Waals surface area contributed by atoms with Crippen LogP contribution in [0.4, 0.5) is 0 Å². The van der Waals surface area contributed by atoms with Crippen LogP contribution >= 0.6 is 0 Å². The van der Waals surface area contributed by atoms with Gasteiger partial charge in [-0.2, -0.15) is 0 Å². The number of ether oxygens (including phenoxy) is 4. The Hall–Kier alpha value is -0.620. The molecule has 9 nitrogen and oxygen atoms in total. The highest BCUT2D eigenvalue weighted by atomic mass is 16.7. The number of aliphatic hydroxyl groups excluding tert-OH is 4. The molecule has 2 aliphatic heterocycles. The van der Waals surface area contributed by atoms with Crippen LogP contribution in [-0.4, -0.2) is 94.1 Å². The van der Waals surface area contributed by atoms with Gasteiger partial charge in [-0.15, -0.1) is 0 Å². The highest BCUT2D eigenvalue weighted by Crippen LogP contribution is 2.33. The van der Waals surface area contributed by atoms with Crippen LogP contribution in [-0.2, 0) is 18.9 Å². The SMILES string of the molecule is CC(=CCOC1OC(COC2OC(CO)C(C)C2C)C(O)C(O)C1O)CCCC(C)(C)O. The third kappa shape index (κ3) is 7.72. The van der Waals surface area contributed by atoms with Crippen molar-refractivity contribution >= 4 is 0 Å². The topological polar surface area (TPSA) is 138 Å². The van der Waals surface area contributed by atoms with Crippen LogP contribution < -0.4 is 0 Å². The highest BCUT2D eigenvalue weighted by Gasteiger charge is 2.46. The molecule has 9 unspecified atom stereocenters. The summed E-state index contributed by atoms with van der Waals surface area (Å²) in [6.45, 7) is 9.48. The second kappa shape index (κ2) is 12.2. The molecule has 0 radical (unpaired) electrons. The van der Waals surface area contributed by atoms with E-state index in [0.29, 0.717) is 6.42 Å². The summed E-state index contributed by atoms with van der Waals surface area (Å²) < 4.78 is 22.8. The Balaban J connectivity index is 1.84. The van der Waals surface area contributed by atoms with Crippen molar-refractivity contribution in [3.8, 4) is 0 Å². The fraction of sp³-hybridized carbons (Fsp3) is 0.913. The monoisotopic (exact) mass is 462 g/mol. The summed E-state index contributed by atoms with van der Waals surface area (Å²) in [7, 11) is 0. The van der Waals surface area contributed by atoms with E-state index in [4.69, 9.17) is 18.9 Å². The molecule has 0 bridgehead atoms. The van der Waals surface area contributed by atoms with Crippen molar-refractivity contribution in [3.63, 3.8) is 0 Å². The maximum absolute atomic E-state index is 10.3. The van der Waals surface area contributed by atoms with Gasteiger partial charge in [-0.25, -0.2) is 0 Å². The van der Waals surface area contributed by atoms with E-state index < -0.39 is 42.6 Å². The molecule has 0 aliphatic carbocycles. The highest BCUT2D eigenvalue weighted by molar-refractivity contribution is 4.98. The Morgan fingerprint density at radius 3 is 2.19 bits per heavy atom. The number of aliphatic hydroxyl groups is 5. The van der Waals surface area contributed by atoms with Gasteiger partial charge in [0.25, 0.3) is 0 Å². The van der Waals surface area contributed by atoms with Crippen LogP contribution in [0.25, 0.3) is 0 Å². The van der Waals surface area contributed by atoms with Crippen molar-refractivity contribution < 1.29 is 44.5 Å². The second-order valence-electron chi connectivity index (χ2n) is 9.84. The van der Waals surface area contributed by atoms with E-state index in [1.54, 1.807) is 13.8 Å². The van der Waals surface area contributed by atoms with E-state index in [1.807, 2.05) is 26.8 Å².